The first-order valence-electron chi connectivity index (χ1n) is 4.40. The van der Waals surface area contributed by atoms with E-state index in [1.54, 1.807) is 11.8 Å². The van der Waals surface area contributed by atoms with Crippen molar-refractivity contribution in [1.82, 2.24) is 5.16 Å². The minimum Gasteiger partial charge on any atom is -0.360 e. The molecule has 0 N–H and O–H groups in total. The number of hydrogen-bond donors (Lipinski definition) is 0. The second-order valence-electron chi connectivity index (χ2n) is 2.98. The van der Waals surface area contributed by atoms with Gasteiger partial charge in [-0.1, -0.05) is 35.5 Å². The van der Waals surface area contributed by atoms with Gasteiger partial charge in [0.15, 0.2) is 0 Å². The summed E-state index contributed by atoms with van der Waals surface area (Å²) in [6.07, 6.45) is 2.05. The highest BCUT2D eigenvalue weighted by Crippen LogP contribution is 2.20. The zero-order valence-corrected chi connectivity index (χ0v) is 8.75. The summed E-state index contributed by atoms with van der Waals surface area (Å²) in [5, 5.41) is 4.02. The Labute approximate surface area is 87.3 Å². The molecule has 1 aromatic heterocycles. The lowest BCUT2D eigenvalue weighted by atomic mass is 10.1. The summed E-state index contributed by atoms with van der Waals surface area (Å²) in [6, 6.07) is 12.0. The molecule has 0 aliphatic rings. The van der Waals surface area contributed by atoms with Crippen LogP contribution in [0.3, 0.4) is 0 Å². The van der Waals surface area contributed by atoms with Gasteiger partial charge in [-0.15, -0.1) is 0 Å². The van der Waals surface area contributed by atoms with Crippen LogP contribution in [-0.4, -0.2) is 11.4 Å². The number of benzene rings is 1. The molecule has 0 bridgehead atoms. The Balaban J connectivity index is 2.25. The molecule has 72 valence electrons. The summed E-state index contributed by atoms with van der Waals surface area (Å²) in [5.74, 6) is 1.80. The number of nitrogens with zero attached hydrogens (tertiary/aromatic N) is 1. The molecule has 1 heterocycles. The van der Waals surface area contributed by atoms with Gasteiger partial charge in [-0.05, 0) is 6.26 Å². The van der Waals surface area contributed by atoms with Gasteiger partial charge in [0.05, 0.1) is 5.75 Å². The summed E-state index contributed by atoms with van der Waals surface area (Å²) in [4.78, 5) is 0. The predicted octanol–water partition coefficient (Wildman–Crippen LogP) is 3.20. The first-order chi connectivity index (χ1) is 6.90. The minimum atomic E-state index is 0.875. The highest BCUT2D eigenvalue weighted by molar-refractivity contribution is 7.97. The van der Waals surface area contributed by atoms with E-state index in [2.05, 4.69) is 5.16 Å². The van der Waals surface area contributed by atoms with Crippen LogP contribution in [-0.2, 0) is 5.75 Å². The summed E-state index contributed by atoms with van der Waals surface area (Å²) in [6.45, 7) is 0. The van der Waals surface area contributed by atoms with Gasteiger partial charge in [-0.2, -0.15) is 11.8 Å². The van der Waals surface area contributed by atoms with Gasteiger partial charge in [0.2, 0.25) is 0 Å². The number of hydrogen-bond acceptors (Lipinski definition) is 3. The first-order valence-corrected chi connectivity index (χ1v) is 5.79. The van der Waals surface area contributed by atoms with Crippen LogP contribution in [0, 0.1) is 0 Å². The average molecular weight is 205 g/mol. The normalized spacial score (nSPS) is 10.4. The fraction of sp³-hybridized carbons (Fsp3) is 0.182. The van der Waals surface area contributed by atoms with Gasteiger partial charge in [0, 0.05) is 11.6 Å². The van der Waals surface area contributed by atoms with E-state index in [1.165, 1.54) is 0 Å². The van der Waals surface area contributed by atoms with Crippen molar-refractivity contribution < 1.29 is 4.52 Å². The van der Waals surface area contributed by atoms with E-state index in [0.717, 1.165) is 22.8 Å². The Morgan fingerprint density at radius 3 is 2.79 bits per heavy atom. The van der Waals surface area contributed by atoms with Gasteiger partial charge in [0.25, 0.3) is 0 Å². The molecular weight excluding hydrogens is 194 g/mol. The molecule has 0 aliphatic heterocycles. The quantitative estimate of drug-likeness (QED) is 0.769. The molecule has 2 aromatic rings. The molecule has 0 unspecified atom stereocenters. The minimum absolute atomic E-state index is 0.875. The lowest BCUT2D eigenvalue weighted by Gasteiger charge is -1.91. The molecule has 1 aromatic carbocycles. The zero-order chi connectivity index (χ0) is 9.80. The van der Waals surface area contributed by atoms with Crippen LogP contribution in [0.1, 0.15) is 5.76 Å². The van der Waals surface area contributed by atoms with Gasteiger partial charge < -0.3 is 4.52 Å². The number of aromatic nitrogens is 1. The Kier molecular flexibility index (Phi) is 2.89. The average Bonchev–Trinajstić information content (AvgIpc) is 2.68. The van der Waals surface area contributed by atoms with E-state index in [-0.39, 0.29) is 0 Å². The molecular formula is C11H11NOS. The van der Waals surface area contributed by atoms with Crippen LogP contribution >= 0.6 is 11.8 Å². The van der Waals surface area contributed by atoms with E-state index in [4.69, 9.17) is 4.52 Å². The van der Waals surface area contributed by atoms with Gasteiger partial charge >= 0.3 is 0 Å². The Morgan fingerprint density at radius 2 is 2.07 bits per heavy atom. The molecule has 0 aliphatic carbocycles. The van der Waals surface area contributed by atoms with E-state index in [1.807, 2.05) is 42.7 Å². The molecule has 0 saturated heterocycles. The molecule has 14 heavy (non-hydrogen) atoms. The van der Waals surface area contributed by atoms with Crippen LogP contribution in [0.15, 0.2) is 40.9 Å². The van der Waals surface area contributed by atoms with E-state index in [9.17, 15) is 0 Å². The number of rotatable bonds is 3. The van der Waals surface area contributed by atoms with Crippen LogP contribution in [0.2, 0.25) is 0 Å². The molecule has 0 radical (unpaired) electrons. The second kappa shape index (κ2) is 4.33. The molecule has 0 spiro atoms. The summed E-state index contributed by atoms with van der Waals surface area (Å²) in [7, 11) is 0. The van der Waals surface area contributed by atoms with E-state index >= 15 is 0 Å². The van der Waals surface area contributed by atoms with Crippen molar-refractivity contribution in [2.24, 2.45) is 0 Å². The second-order valence-corrected chi connectivity index (χ2v) is 3.84. The zero-order valence-electron chi connectivity index (χ0n) is 7.93. The lowest BCUT2D eigenvalue weighted by molar-refractivity contribution is 0.397. The van der Waals surface area contributed by atoms with Crippen molar-refractivity contribution in [3.8, 4) is 11.3 Å². The lowest BCUT2D eigenvalue weighted by Crippen LogP contribution is -1.74. The number of thioether (sulfide) groups is 1. The molecule has 0 saturated carbocycles. The van der Waals surface area contributed by atoms with Crippen LogP contribution in [0.5, 0.6) is 0 Å². The highest BCUT2D eigenvalue weighted by Gasteiger charge is 2.04. The predicted molar refractivity (Wildman–Crippen MR) is 59.2 cm³/mol. The molecule has 0 fully saturated rings. The van der Waals surface area contributed by atoms with Gasteiger partial charge in [-0.3, -0.25) is 0 Å². The van der Waals surface area contributed by atoms with Gasteiger partial charge in [-0.25, -0.2) is 0 Å². The Morgan fingerprint density at radius 1 is 1.29 bits per heavy atom. The summed E-state index contributed by atoms with van der Waals surface area (Å²) >= 11 is 1.73. The third kappa shape index (κ3) is 1.99. The molecule has 0 amide bonds. The maximum atomic E-state index is 5.19. The van der Waals surface area contributed by atoms with Crippen molar-refractivity contribution in [1.29, 1.82) is 0 Å². The molecule has 2 nitrogen and oxygen atoms in total. The maximum absolute atomic E-state index is 5.19. The summed E-state index contributed by atoms with van der Waals surface area (Å²) in [5.41, 5.74) is 2.01. The largest absolute Gasteiger partial charge is 0.360 e. The third-order valence-electron chi connectivity index (χ3n) is 1.92. The van der Waals surface area contributed by atoms with Crippen molar-refractivity contribution in [2.45, 2.75) is 5.75 Å². The standard InChI is InChI=1S/C11H11NOS/c1-14-8-10-7-11(12-13-10)9-5-3-2-4-6-9/h2-7H,8H2,1H3. The molecule has 0 atom stereocenters. The molecule has 3 heteroatoms. The molecule has 2 rings (SSSR count). The Bertz CT molecular complexity index is 397. The van der Waals surface area contributed by atoms with Crippen LogP contribution < -0.4 is 0 Å². The van der Waals surface area contributed by atoms with Crippen molar-refractivity contribution in [3.05, 3.63) is 42.2 Å². The SMILES string of the molecule is CSCc1cc(-c2ccccc2)no1. The Hall–Kier alpha value is -1.22. The first kappa shape index (κ1) is 9.34. The monoisotopic (exact) mass is 205 g/mol. The fourth-order valence-electron chi connectivity index (χ4n) is 1.27. The van der Waals surface area contributed by atoms with Crippen molar-refractivity contribution in [2.75, 3.05) is 6.26 Å². The van der Waals surface area contributed by atoms with Crippen molar-refractivity contribution in [3.63, 3.8) is 0 Å². The topological polar surface area (TPSA) is 26.0 Å². The highest BCUT2D eigenvalue weighted by atomic mass is 32.2. The fourth-order valence-corrected chi connectivity index (χ4v) is 1.69. The van der Waals surface area contributed by atoms with Crippen molar-refractivity contribution >= 4 is 11.8 Å². The maximum Gasteiger partial charge on any atom is 0.147 e. The van der Waals surface area contributed by atoms with Gasteiger partial charge in [0.1, 0.15) is 11.5 Å². The van der Waals surface area contributed by atoms with Crippen LogP contribution in [0.4, 0.5) is 0 Å². The van der Waals surface area contributed by atoms with Crippen LogP contribution in [0.25, 0.3) is 11.3 Å². The smallest absolute Gasteiger partial charge is 0.147 e. The third-order valence-corrected chi connectivity index (χ3v) is 2.49. The summed E-state index contributed by atoms with van der Waals surface area (Å²) < 4.78 is 5.19. The van der Waals surface area contributed by atoms with E-state index in [0.29, 0.717) is 0 Å². The van der Waals surface area contributed by atoms with E-state index < -0.39 is 0 Å².